The first-order chi connectivity index (χ1) is 19.1. The number of thioether (sulfide) groups is 1. The van der Waals surface area contributed by atoms with Crippen LogP contribution in [0.4, 0.5) is 5.69 Å². The Balaban J connectivity index is 1.40. The van der Waals surface area contributed by atoms with Crippen LogP contribution in [0.15, 0.2) is 53.6 Å². The lowest BCUT2D eigenvalue weighted by molar-refractivity contribution is 0.102. The molecule has 0 atom stereocenters. The molecule has 1 aliphatic heterocycles. The van der Waals surface area contributed by atoms with Gasteiger partial charge in [-0.2, -0.15) is 0 Å². The van der Waals surface area contributed by atoms with Crippen LogP contribution in [0.2, 0.25) is 0 Å². The standard InChI is InChI=1S/C33H48N2O3S/c1-4-5-6-7-8-9-10-11-12-13-14-15-23-38-32-30(17-16-18-31(32)37-3)34-33(36)29-21-19-28(20-22-29)25-35-24-27(2)39-26-35/h16-22,24H,4-15,23,25-26H2,1-3H3,(H,34,36). The number of para-hydroxylation sites is 1. The lowest BCUT2D eigenvalue weighted by atomic mass is 10.1. The predicted octanol–water partition coefficient (Wildman–Crippen LogP) is 9.39. The summed E-state index contributed by atoms with van der Waals surface area (Å²) in [5.74, 6) is 2.06. The van der Waals surface area contributed by atoms with Crippen molar-refractivity contribution in [2.24, 2.45) is 0 Å². The Morgan fingerprint density at radius 3 is 2.13 bits per heavy atom. The van der Waals surface area contributed by atoms with Gasteiger partial charge in [0.25, 0.3) is 5.91 Å². The van der Waals surface area contributed by atoms with E-state index in [0.29, 0.717) is 29.4 Å². The van der Waals surface area contributed by atoms with E-state index >= 15 is 0 Å². The SMILES string of the molecule is CCCCCCCCCCCCCCOc1c(NC(=O)c2ccc(CN3C=C(C)SC3)cc2)cccc1OC. The summed E-state index contributed by atoms with van der Waals surface area (Å²) >= 11 is 1.85. The van der Waals surface area contributed by atoms with E-state index < -0.39 is 0 Å². The molecule has 1 heterocycles. The van der Waals surface area contributed by atoms with Gasteiger partial charge in [-0.1, -0.05) is 95.8 Å². The Bertz CT molecular complexity index is 1020. The van der Waals surface area contributed by atoms with Crippen LogP contribution in [-0.4, -0.2) is 30.4 Å². The lowest BCUT2D eigenvalue weighted by Crippen LogP contribution is -2.15. The first kappa shape index (κ1) is 30.9. The number of rotatable bonds is 19. The number of amides is 1. The van der Waals surface area contributed by atoms with Crippen molar-refractivity contribution in [3.8, 4) is 11.5 Å². The summed E-state index contributed by atoms with van der Waals surface area (Å²) in [4.78, 5) is 16.6. The van der Waals surface area contributed by atoms with Crippen molar-refractivity contribution >= 4 is 23.4 Å². The number of allylic oxidation sites excluding steroid dienone is 1. The Hall–Kier alpha value is -2.60. The highest BCUT2D eigenvalue weighted by Gasteiger charge is 2.15. The number of unbranched alkanes of at least 4 members (excludes halogenated alkanes) is 11. The van der Waals surface area contributed by atoms with Crippen LogP contribution < -0.4 is 14.8 Å². The fourth-order valence-electron chi connectivity index (χ4n) is 4.84. The van der Waals surface area contributed by atoms with E-state index in [1.807, 2.05) is 54.2 Å². The Labute approximate surface area is 240 Å². The second-order valence-electron chi connectivity index (χ2n) is 10.5. The molecule has 1 N–H and O–H groups in total. The van der Waals surface area contributed by atoms with Gasteiger partial charge < -0.3 is 19.7 Å². The minimum Gasteiger partial charge on any atom is -0.493 e. The van der Waals surface area contributed by atoms with Crippen molar-refractivity contribution < 1.29 is 14.3 Å². The van der Waals surface area contributed by atoms with Gasteiger partial charge in [0, 0.05) is 18.3 Å². The van der Waals surface area contributed by atoms with Crippen LogP contribution in [0.3, 0.4) is 0 Å². The lowest BCUT2D eigenvalue weighted by Gasteiger charge is -2.16. The van der Waals surface area contributed by atoms with Gasteiger partial charge in [0.15, 0.2) is 11.5 Å². The van der Waals surface area contributed by atoms with E-state index in [1.165, 1.54) is 74.7 Å². The van der Waals surface area contributed by atoms with Crippen molar-refractivity contribution in [2.75, 3.05) is 24.9 Å². The van der Waals surface area contributed by atoms with E-state index in [9.17, 15) is 4.79 Å². The Morgan fingerprint density at radius 1 is 0.897 bits per heavy atom. The van der Waals surface area contributed by atoms with Gasteiger partial charge in [-0.05, 0) is 48.1 Å². The molecule has 1 amide bonds. The molecule has 2 aromatic rings. The van der Waals surface area contributed by atoms with Crippen molar-refractivity contribution in [1.82, 2.24) is 4.90 Å². The molecule has 6 heteroatoms. The fraction of sp³-hybridized carbons (Fsp3) is 0.545. The molecule has 39 heavy (non-hydrogen) atoms. The highest BCUT2D eigenvalue weighted by Crippen LogP contribution is 2.35. The summed E-state index contributed by atoms with van der Waals surface area (Å²) in [5, 5.41) is 3.03. The number of nitrogens with zero attached hydrogens (tertiary/aromatic N) is 1. The quantitative estimate of drug-likeness (QED) is 0.176. The van der Waals surface area contributed by atoms with E-state index in [-0.39, 0.29) is 5.91 Å². The third-order valence-corrected chi connectivity index (χ3v) is 8.14. The summed E-state index contributed by atoms with van der Waals surface area (Å²) in [5.41, 5.74) is 2.44. The van der Waals surface area contributed by atoms with E-state index in [1.54, 1.807) is 7.11 Å². The molecule has 3 rings (SSSR count). The molecule has 0 unspecified atom stereocenters. The molecule has 0 aliphatic carbocycles. The molecule has 0 aromatic heterocycles. The summed E-state index contributed by atoms with van der Waals surface area (Å²) < 4.78 is 11.7. The van der Waals surface area contributed by atoms with Gasteiger partial charge in [-0.25, -0.2) is 0 Å². The molecule has 0 radical (unpaired) electrons. The summed E-state index contributed by atoms with van der Waals surface area (Å²) in [6, 6.07) is 13.4. The number of benzene rings is 2. The van der Waals surface area contributed by atoms with Crippen LogP contribution in [-0.2, 0) is 6.54 Å². The van der Waals surface area contributed by atoms with Crippen molar-refractivity contribution in [2.45, 2.75) is 97.4 Å². The van der Waals surface area contributed by atoms with Crippen molar-refractivity contribution in [3.05, 3.63) is 64.7 Å². The van der Waals surface area contributed by atoms with Gasteiger partial charge in [0.2, 0.25) is 0 Å². The zero-order valence-electron chi connectivity index (χ0n) is 24.3. The maximum absolute atomic E-state index is 13.0. The highest BCUT2D eigenvalue weighted by atomic mass is 32.2. The van der Waals surface area contributed by atoms with E-state index in [2.05, 4.69) is 30.3 Å². The van der Waals surface area contributed by atoms with Crippen LogP contribution in [0.25, 0.3) is 0 Å². The van der Waals surface area contributed by atoms with Gasteiger partial charge in [-0.3, -0.25) is 4.79 Å². The second kappa shape index (κ2) is 17.9. The summed E-state index contributed by atoms with van der Waals surface area (Å²) in [6.45, 7) is 5.86. The highest BCUT2D eigenvalue weighted by molar-refractivity contribution is 8.03. The van der Waals surface area contributed by atoms with Crippen molar-refractivity contribution in [1.29, 1.82) is 0 Å². The average molecular weight is 553 g/mol. The smallest absolute Gasteiger partial charge is 0.255 e. The molecule has 1 aliphatic rings. The van der Waals surface area contributed by atoms with Gasteiger partial charge in [0.1, 0.15) is 0 Å². The number of methoxy groups -OCH3 is 1. The third-order valence-electron chi connectivity index (χ3n) is 7.12. The van der Waals surface area contributed by atoms with Crippen LogP contribution >= 0.6 is 11.8 Å². The van der Waals surface area contributed by atoms with Crippen LogP contribution in [0, 0.1) is 0 Å². The first-order valence-electron chi connectivity index (χ1n) is 14.9. The largest absolute Gasteiger partial charge is 0.493 e. The Morgan fingerprint density at radius 2 is 1.54 bits per heavy atom. The number of anilines is 1. The van der Waals surface area contributed by atoms with Crippen LogP contribution in [0.1, 0.15) is 107 Å². The van der Waals surface area contributed by atoms with E-state index in [4.69, 9.17) is 9.47 Å². The van der Waals surface area contributed by atoms with Gasteiger partial charge in [-0.15, -0.1) is 11.8 Å². The van der Waals surface area contributed by atoms with E-state index in [0.717, 1.165) is 25.3 Å². The van der Waals surface area contributed by atoms with Crippen LogP contribution in [0.5, 0.6) is 11.5 Å². The molecule has 2 aromatic carbocycles. The van der Waals surface area contributed by atoms with Gasteiger partial charge in [0.05, 0.1) is 25.3 Å². The molecule has 0 saturated heterocycles. The molecule has 0 spiro atoms. The average Bonchev–Trinajstić information content (AvgIpc) is 3.36. The molecule has 0 fully saturated rings. The zero-order valence-corrected chi connectivity index (χ0v) is 25.1. The molecule has 5 nitrogen and oxygen atoms in total. The normalized spacial score (nSPS) is 12.9. The number of carbonyl (C=O) groups excluding carboxylic acids is 1. The summed E-state index contributed by atoms with van der Waals surface area (Å²) in [7, 11) is 1.63. The maximum Gasteiger partial charge on any atom is 0.255 e. The molecular weight excluding hydrogens is 504 g/mol. The monoisotopic (exact) mass is 552 g/mol. The number of carbonyl (C=O) groups is 1. The first-order valence-corrected chi connectivity index (χ1v) is 15.8. The second-order valence-corrected chi connectivity index (χ2v) is 11.7. The molecule has 0 bridgehead atoms. The topological polar surface area (TPSA) is 50.8 Å². The number of ether oxygens (including phenoxy) is 2. The maximum atomic E-state index is 13.0. The number of hydrogen-bond acceptors (Lipinski definition) is 5. The fourth-order valence-corrected chi connectivity index (χ4v) is 5.60. The minimum absolute atomic E-state index is 0.155. The predicted molar refractivity (Wildman–Crippen MR) is 166 cm³/mol. The molecule has 0 saturated carbocycles. The number of nitrogens with one attached hydrogen (secondary N) is 1. The minimum atomic E-state index is -0.155. The molecular formula is C33H48N2O3S. The zero-order chi connectivity index (χ0) is 27.7. The Kier molecular flexibility index (Phi) is 14.2. The molecule has 214 valence electrons. The number of hydrogen-bond donors (Lipinski definition) is 1. The third kappa shape index (κ3) is 11.2. The van der Waals surface area contributed by atoms with Gasteiger partial charge >= 0.3 is 0 Å². The summed E-state index contributed by atoms with van der Waals surface area (Å²) in [6.07, 6.45) is 17.9. The van der Waals surface area contributed by atoms with Crippen molar-refractivity contribution in [3.63, 3.8) is 0 Å².